The molecule has 0 aliphatic heterocycles. The number of halogens is 1. The van der Waals surface area contributed by atoms with Gasteiger partial charge in [-0.1, -0.05) is 41.9 Å². The van der Waals surface area contributed by atoms with Crippen molar-refractivity contribution in [1.29, 1.82) is 0 Å². The standard InChI is InChI=1S/C15H18BrNS2/c1-4-10(2)18-9-14-17-15(11(3)19-14)12-5-7-13(16)8-6-12/h5-8,10H,4,9H2,1-3H3. The van der Waals surface area contributed by atoms with Crippen LogP contribution in [0.15, 0.2) is 28.7 Å². The summed E-state index contributed by atoms with van der Waals surface area (Å²) in [5, 5.41) is 1.95. The molecule has 2 aromatic rings. The predicted octanol–water partition coefficient (Wildman–Crippen LogP) is 5.91. The van der Waals surface area contributed by atoms with Crippen LogP contribution in [0.4, 0.5) is 0 Å². The van der Waals surface area contributed by atoms with E-state index >= 15 is 0 Å². The van der Waals surface area contributed by atoms with Crippen molar-refractivity contribution in [3.63, 3.8) is 0 Å². The van der Waals surface area contributed by atoms with Crippen LogP contribution in [-0.4, -0.2) is 10.2 Å². The summed E-state index contributed by atoms with van der Waals surface area (Å²) >= 11 is 7.28. The van der Waals surface area contributed by atoms with Crippen molar-refractivity contribution in [2.45, 2.75) is 38.2 Å². The molecule has 0 fully saturated rings. The monoisotopic (exact) mass is 355 g/mol. The Hall–Kier alpha value is -0.320. The Kier molecular flexibility index (Phi) is 5.48. The third-order valence-electron chi connectivity index (χ3n) is 3.02. The Bertz CT molecular complexity index is 534. The third-order valence-corrected chi connectivity index (χ3v) is 6.05. The minimum Gasteiger partial charge on any atom is -0.240 e. The molecule has 0 saturated heterocycles. The fourth-order valence-corrected chi connectivity index (χ4v) is 3.90. The van der Waals surface area contributed by atoms with E-state index < -0.39 is 0 Å². The van der Waals surface area contributed by atoms with Gasteiger partial charge in [-0.25, -0.2) is 4.98 Å². The highest BCUT2D eigenvalue weighted by Crippen LogP contribution is 2.31. The van der Waals surface area contributed by atoms with Gasteiger partial charge >= 0.3 is 0 Å². The van der Waals surface area contributed by atoms with Crippen molar-refractivity contribution in [3.05, 3.63) is 38.6 Å². The second-order valence-electron chi connectivity index (χ2n) is 4.55. The van der Waals surface area contributed by atoms with Gasteiger partial charge in [0.25, 0.3) is 0 Å². The molecule has 0 amide bonds. The van der Waals surface area contributed by atoms with Crippen LogP contribution in [0.3, 0.4) is 0 Å². The van der Waals surface area contributed by atoms with E-state index in [4.69, 9.17) is 4.98 Å². The van der Waals surface area contributed by atoms with E-state index in [0.717, 1.165) is 15.9 Å². The molecular formula is C15H18BrNS2. The SMILES string of the molecule is CCC(C)SCc1nc(-c2ccc(Br)cc2)c(C)s1. The fraction of sp³-hybridized carbons (Fsp3) is 0.400. The Balaban J connectivity index is 2.14. The van der Waals surface area contributed by atoms with Gasteiger partial charge in [0.05, 0.1) is 5.69 Å². The molecular weight excluding hydrogens is 338 g/mol. The summed E-state index contributed by atoms with van der Waals surface area (Å²) in [6.07, 6.45) is 1.22. The first-order valence-corrected chi connectivity index (χ1v) is 9.09. The minimum atomic E-state index is 0.709. The van der Waals surface area contributed by atoms with Gasteiger partial charge in [-0.05, 0) is 25.5 Å². The van der Waals surface area contributed by atoms with Gasteiger partial charge in [0, 0.05) is 25.9 Å². The number of thiazole rings is 1. The Morgan fingerprint density at radius 1 is 1.32 bits per heavy atom. The number of aromatic nitrogens is 1. The predicted molar refractivity (Wildman–Crippen MR) is 91.0 cm³/mol. The number of thioether (sulfide) groups is 1. The first kappa shape index (κ1) is 15.1. The van der Waals surface area contributed by atoms with E-state index in [1.807, 2.05) is 23.1 Å². The summed E-state index contributed by atoms with van der Waals surface area (Å²) in [7, 11) is 0. The average Bonchev–Trinajstić information content (AvgIpc) is 2.78. The van der Waals surface area contributed by atoms with E-state index in [2.05, 4.69) is 61.0 Å². The first-order valence-electron chi connectivity index (χ1n) is 6.44. The topological polar surface area (TPSA) is 12.9 Å². The molecule has 0 aliphatic carbocycles. The zero-order valence-corrected chi connectivity index (χ0v) is 14.7. The number of aryl methyl sites for hydroxylation is 1. The Labute approximate surface area is 132 Å². The summed E-state index contributed by atoms with van der Waals surface area (Å²) in [5.41, 5.74) is 2.34. The van der Waals surface area contributed by atoms with Gasteiger partial charge in [0.2, 0.25) is 0 Å². The maximum absolute atomic E-state index is 4.80. The van der Waals surface area contributed by atoms with Crippen LogP contribution in [-0.2, 0) is 5.75 Å². The highest BCUT2D eigenvalue weighted by molar-refractivity contribution is 9.10. The number of benzene rings is 1. The van der Waals surface area contributed by atoms with Gasteiger partial charge in [-0.2, -0.15) is 11.8 Å². The van der Waals surface area contributed by atoms with Crippen molar-refractivity contribution in [1.82, 2.24) is 4.98 Å². The maximum Gasteiger partial charge on any atom is 0.103 e. The van der Waals surface area contributed by atoms with E-state index in [1.54, 1.807) is 0 Å². The molecule has 0 radical (unpaired) electrons. The van der Waals surface area contributed by atoms with Crippen LogP contribution in [0.2, 0.25) is 0 Å². The molecule has 0 spiro atoms. The van der Waals surface area contributed by atoms with Crippen LogP contribution < -0.4 is 0 Å². The zero-order valence-electron chi connectivity index (χ0n) is 11.4. The third kappa shape index (κ3) is 4.07. The lowest BCUT2D eigenvalue weighted by atomic mass is 10.1. The molecule has 0 N–H and O–H groups in total. The molecule has 4 heteroatoms. The van der Waals surface area contributed by atoms with E-state index in [1.165, 1.54) is 21.9 Å². The normalized spacial score (nSPS) is 12.6. The number of nitrogens with zero attached hydrogens (tertiary/aromatic N) is 1. The van der Waals surface area contributed by atoms with Crippen molar-refractivity contribution >= 4 is 39.0 Å². The highest BCUT2D eigenvalue weighted by Gasteiger charge is 2.10. The lowest BCUT2D eigenvalue weighted by Crippen LogP contribution is -1.93. The Morgan fingerprint density at radius 3 is 2.63 bits per heavy atom. The van der Waals surface area contributed by atoms with Crippen LogP contribution in [0.25, 0.3) is 11.3 Å². The van der Waals surface area contributed by atoms with Gasteiger partial charge in [0.15, 0.2) is 0 Å². The molecule has 0 bridgehead atoms. The van der Waals surface area contributed by atoms with Gasteiger partial charge in [0.1, 0.15) is 5.01 Å². The lowest BCUT2D eigenvalue weighted by Gasteiger charge is -2.05. The first-order chi connectivity index (χ1) is 9.10. The van der Waals surface area contributed by atoms with Crippen molar-refractivity contribution in [2.75, 3.05) is 0 Å². The van der Waals surface area contributed by atoms with E-state index in [9.17, 15) is 0 Å². The maximum atomic E-state index is 4.80. The number of rotatable bonds is 5. The molecule has 1 aromatic carbocycles. The molecule has 1 aromatic heterocycles. The van der Waals surface area contributed by atoms with Crippen LogP contribution >= 0.6 is 39.0 Å². The average molecular weight is 356 g/mol. The van der Waals surface area contributed by atoms with Gasteiger partial charge < -0.3 is 0 Å². The largest absolute Gasteiger partial charge is 0.240 e. The minimum absolute atomic E-state index is 0.709. The molecule has 0 aliphatic rings. The quantitative estimate of drug-likeness (QED) is 0.660. The van der Waals surface area contributed by atoms with Crippen LogP contribution in [0, 0.1) is 6.92 Å². The molecule has 2 rings (SSSR count). The molecule has 0 saturated carbocycles. The zero-order chi connectivity index (χ0) is 13.8. The fourth-order valence-electron chi connectivity index (χ4n) is 1.72. The lowest BCUT2D eigenvalue weighted by molar-refractivity contribution is 0.905. The summed E-state index contributed by atoms with van der Waals surface area (Å²) in [6.45, 7) is 6.67. The van der Waals surface area contributed by atoms with Crippen LogP contribution in [0.5, 0.6) is 0 Å². The van der Waals surface area contributed by atoms with Gasteiger partial charge in [-0.3, -0.25) is 0 Å². The van der Waals surface area contributed by atoms with Crippen molar-refractivity contribution in [3.8, 4) is 11.3 Å². The van der Waals surface area contributed by atoms with Crippen molar-refractivity contribution < 1.29 is 0 Å². The summed E-state index contributed by atoms with van der Waals surface area (Å²) in [6, 6.07) is 8.39. The smallest absolute Gasteiger partial charge is 0.103 e. The number of hydrogen-bond acceptors (Lipinski definition) is 3. The second-order valence-corrected chi connectivity index (χ2v) is 8.18. The molecule has 102 valence electrons. The van der Waals surface area contributed by atoms with Gasteiger partial charge in [-0.15, -0.1) is 11.3 Å². The summed E-state index contributed by atoms with van der Waals surface area (Å²) in [5.74, 6) is 1.02. The summed E-state index contributed by atoms with van der Waals surface area (Å²) < 4.78 is 1.11. The van der Waals surface area contributed by atoms with E-state index in [0.29, 0.717) is 5.25 Å². The van der Waals surface area contributed by atoms with Crippen LogP contribution in [0.1, 0.15) is 30.2 Å². The highest BCUT2D eigenvalue weighted by atomic mass is 79.9. The number of hydrogen-bond donors (Lipinski definition) is 0. The summed E-state index contributed by atoms with van der Waals surface area (Å²) in [4.78, 5) is 6.11. The molecule has 1 unspecified atom stereocenters. The molecule has 19 heavy (non-hydrogen) atoms. The second kappa shape index (κ2) is 6.91. The molecule has 1 atom stereocenters. The van der Waals surface area contributed by atoms with E-state index in [-0.39, 0.29) is 0 Å². The molecule has 1 heterocycles. The molecule has 1 nitrogen and oxygen atoms in total. The Morgan fingerprint density at radius 2 is 2.00 bits per heavy atom. The van der Waals surface area contributed by atoms with Crippen molar-refractivity contribution in [2.24, 2.45) is 0 Å².